The SMILES string of the molecule is [2H]C1([2H])C(CCCCCC)C1CC(=O)[O-]. The molecular formula is C11H19O2-. The third-order valence-electron chi connectivity index (χ3n) is 2.56. The molecule has 1 fully saturated rings. The largest absolute Gasteiger partial charge is 0.550 e. The fourth-order valence-electron chi connectivity index (χ4n) is 1.68. The number of aliphatic carboxylic acids is 1. The summed E-state index contributed by atoms with van der Waals surface area (Å²) in [5.74, 6) is -1.48. The lowest BCUT2D eigenvalue weighted by Gasteiger charge is -2.01. The van der Waals surface area contributed by atoms with E-state index in [9.17, 15) is 9.90 Å². The molecule has 76 valence electrons. The quantitative estimate of drug-likeness (QED) is 0.567. The van der Waals surface area contributed by atoms with Crippen molar-refractivity contribution in [3.05, 3.63) is 0 Å². The van der Waals surface area contributed by atoms with Gasteiger partial charge >= 0.3 is 0 Å². The van der Waals surface area contributed by atoms with E-state index in [2.05, 4.69) is 6.92 Å². The Hall–Kier alpha value is -0.530. The van der Waals surface area contributed by atoms with E-state index in [0.29, 0.717) is 0 Å². The molecule has 0 spiro atoms. The van der Waals surface area contributed by atoms with E-state index >= 15 is 0 Å². The first-order valence-electron chi connectivity index (χ1n) is 6.20. The summed E-state index contributed by atoms with van der Waals surface area (Å²) in [4.78, 5) is 10.4. The van der Waals surface area contributed by atoms with Crippen LogP contribution in [0.5, 0.6) is 0 Å². The van der Waals surface area contributed by atoms with E-state index in [4.69, 9.17) is 2.74 Å². The minimum atomic E-state index is -1.26. The Kier molecular flexibility index (Phi) is 3.17. The Morgan fingerprint density at radius 1 is 1.46 bits per heavy atom. The van der Waals surface area contributed by atoms with Crippen LogP contribution in [0.2, 0.25) is 0 Å². The standard InChI is InChI=1S/C11H20O2/c1-2-3-4-5-6-9-7-10(9)8-11(12)13/h9-10H,2-8H2,1H3,(H,12,13)/p-1/i7D2. The van der Waals surface area contributed by atoms with Gasteiger partial charge in [0.25, 0.3) is 0 Å². The molecule has 0 heterocycles. The van der Waals surface area contributed by atoms with Crippen molar-refractivity contribution in [2.75, 3.05) is 0 Å². The topological polar surface area (TPSA) is 40.1 Å². The number of hydrogen-bond acceptors (Lipinski definition) is 2. The summed E-state index contributed by atoms with van der Waals surface area (Å²) in [6.07, 6.45) is 3.94. The number of carboxylic acid groups (broad SMARTS) is 1. The molecule has 2 atom stereocenters. The maximum atomic E-state index is 10.4. The Bertz CT molecular complexity index is 229. The highest BCUT2D eigenvalue weighted by atomic mass is 16.4. The van der Waals surface area contributed by atoms with Gasteiger partial charge in [0.2, 0.25) is 0 Å². The first-order chi connectivity index (χ1) is 7.00. The summed E-state index contributed by atoms with van der Waals surface area (Å²) >= 11 is 0. The highest BCUT2D eigenvalue weighted by Gasteiger charge is 2.35. The minimum Gasteiger partial charge on any atom is -0.550 e. The first-order valence-corrected chi connectivity index (χ1v) is 5.20. The predicted molar refractivity (Wildman–Crippen MR) is 50.0 cm³/mol. The fourth-order valence-corrected chi connectivity index (χ4v) is 1.68. The molecule has 2 nitrogen and oxygen atoms in total. The molecule has 0 aliphatic heterocycles. The van der Waals surface area contributed by atoms with Crippen molar-refractivity contribution in [1.29, 1.82) is 0 Å². The third kappa shape index (κ3) is 4.30. The Labute approximate surface area is 83.1 Å². The molecule has 0 N–H and O–H groups in total. The summed E-state index contributed by atoms with van der Waals surface area (Å²) in [5.41, 5.74) is 0. The van der Waals surface area contributed by atoms with Crippen molar-refractivity contribution in [2.24, 2.45) is 11.8 Å². The number of rotatable bonds is 7. The van der Waals surface area contributed by atoms with Crippen LogP contribution in [0.25, 0.3) is 0 Å². The monoisotopic (exact) mass is 185 g/mol. The molecule has 0 saturated heterocycles. The molecule has 0 aromatic carbocycles. The molecule has 0 aromatic heterocycles. The van der Waals surface area contributed by atoms with E-state index in [1.807, 2.05) is 0 Å². The lowest BCUT2D eigenvalue weighted by molar-refractivity contribution is -0.306. The third-order valence-corrected chi connectivity index (χ3v) is 2.56. The molecule has 2 heteroatoms. The van der Waals surface area contributed by atoms with E-state index in [-0.39, 0.29) is 18.3 Å². The van der Waals surface area contributed by atoms with Crippen molar-refractivity contribution in [3.8, 4) is 0 Å². The number of unbranched alkanes of at least 4 members (excludes halogenated alkanes) is 3. The lowest BCUT2D eigenvalue weighted by atomic mass is 10.1. The van der Waals surface area contributed by atoms with Crippen molar-refractivity contribution in [1.82, 2.24) is 0 Å². The number of carbonyl (C=O) groups is 1. The summed E-state index contributed by atoms with van der Waals surface area (Å²) in [5, 5.41) is 10.4. The van der Waals surface area contributed by atoms with Gasteiger partial charge in [0.15, 0.2) is 0 Å². The molecule has 1 aliphatic carbocycles. The van der Waals surface area contributed by atoms with Crippen LogP contribution in [0.1, 0.15) is 54.6 Å². The average Bonchev–Trinajstić information content (AvgIpc) is 2.62. The van der Waals surface area contributed by atoms with Gasteiger partial charge in [-0.25, -0.2) is 0 Å². The van der Waals surface area contributed by atoms with Gasteiger partial charge in [0.1, 0.15) is 0 Å². The van der Waals surface area contributed by atoms with Gasteiger partial charge in [-0.2, -0.15) is 0 Å². The Morgan fingerprint density at radius 2 is 2.23 bits per heavy atom. The van der Waals surface area contributed by atoms with Crippen LogP contribution in [-0.4, -0.2) is 5.97 Å². The normalized spacial score (nSPS) is 32.1. The zero-order valence-electron chi connectivity index (χ0n) is 10.2. The second kappa shape index (κ2) is 5.25. The van der Waals surface area contributed by atoms with E-state index in [0.717, 1.165) is 19.3 Å². The van der Waals surface area contributed by atoms with E-state index in [1.165, 1.54) is 12.8 Å². The van der Waals surface area contributed by atoms with Gasteiger partial charge in [-0.1, -0.05) is 39.0 Å². The van der Waals surface area contributed by atoms with Crippen molar-refractivity contribution >= 4 is 5.97 Å². The minimum absolute atomic E-state index is 0.0488. The Balaban J connectivity index is 2.22. The van der Waals surface area contributed by atoms with Crippen LogP contribution in [-0.2, 0) is 4.79 Å². The van der Waals surface area contributed by atoms with Gasteiger partial charge in [0, 0.05) is 8.71 Å². The van der Waals surface area contributed by atoms with Gasteiger partial charge in [-0.3, -0.25) is 0 Å². The maximum Gasteiger partial charge on any atom is 0.0417 e. The van der Waals surface area contributed by atoms with Crippen molar-refractivity contribution in [3.63, 3.8) is 0 Å². The first kappa shape index (κ1) is 7.84. The van der Waals surface area contributed by atoms with Crippen LogP contribution in [0.4, 0.5) is 0 Å². The van der Waals surface area contributed by atoms with Crippen molar-refractivity contribution < 1.29 is 12.6 Å². The average molecular weight is 185 g/mol. The highest BCUT2D eigenvalue weighted by Crippen LogP contribution is 2.44. The summed E-state index contributed by atoms with van der Waals surface area (Å²) < 4.78 is 15.2. The number of carboxylic acids is 1. The van der Waals surface area contributed by atoms with Gasteiger partial charge in [0.05, 0.1) is 0 Å². The Morgan fingerprint density at radius 3 is 2.85 bits per heavy atom. The lowest BCUT2D eigenvalue weighted by Crippen LogP contribution is -2.22. The van der Waals surface area contributed by atoms with E-state index < -0.39 is 12.3 Å². The van der Waals surface area contributed by atoms with Crippen LogP contribution in [0.3, 0.4) is 0 Å². The van der Waals surface area contributed by atoms with Crippen molar-refractivity contribution in [2.45, 2.75) is 51.8 Å². The second-order valence-corrected chi connectivity index (χ2v) is 3.81. The van der Waals surface area contributed by atoms with Crippen LogP contribution in [0.15, 0.2) is 0 Å². The molecule has 0 bridgehead atoms. The number of carbonyl (C=O) groups excluding carboxylic acids is 1. The zero-order chi connectivity index (χ0) is 11.5. The molecular weight excluding hydrogens is 164 g/mol. The van der Waals surface area contributed by atoms with Gasteiger partial charge in [-0.15, -0.1) is 0 Å². The van der Waals surface area contributed by atoms with Crippen LogP contribution < -0.4 is 5.11 Å². The highest BCUT2D eigenvalue weighted by molar-refractivity contribution is 5.65. The molecule has 1 rings (SSSR count). The maximum absolute atomic E-state index is 10.4. The fraction of sp³-hybridized carbons (Fsp3) is 0.909. The predicted octanol–water partition coefficient (Wildman–Crippen LogP) is 1.73. The smallest absolute Gasteiger partial charge is 0.0417 e. The molecule has 0 aromatic rings. The summed E-state index contributed by atoms with van der Waals surface area (Å²) in [6.45, 7) is 2.13. The molecule has 1 aliphatic rings. The molecule has 13 heavy (non-hydrogen) atoms. The second-order valence-electron chi connectivity index (χ2n) is 3.81. The zero-order valence-corrected chi connectivity index (χ0v) is 8.21. The molecule has 0 amide bonds. The summed E-state index contributed by atoms with van der Waals surface area (Å²) in [6, 6.07) is 0. The number of hydrogen-bond donors (Lipinski definition) is 0. The molecule has 1 saturated carbocycles. The van der Waals surface area contributed by atoms with Crippen LogP contribution in [0, 0.1) is 11.8 Å². The summed E-state index contributed by atoms with van der Waals surface area (Å²) in [7, 11) is 0. The molecule has 2 unspecified atom stereocenters. The van der Waals surface area contributed by atoms with Gasteiger partial charge < -0.3 is 9.90 Å². The van der Waals surface area contributed by atoms with Crippen LogP contribution >= 0.6 is 0 Å². The molecule has 0 radical (unpaired) electrons. The van der Waals surface area contributed by atoms with E-state index in [1.54, 1.807) is 0 Å². The van der Waals surface area contributed by atoms with Gasteiger partial charge in [-0.05, 0) is 24.6 Å².